The molecule has 0 rings (SSSR count). The van der Waals surface area contributed by atoms with Crippen LogP contribution in [0.4, 0.5) is 0 Å². The molecule has 3 heteroatoms. The zero-order chi connectivity index (χ0) is 7.98. The third-order valence-corrected chi connectivity index (χ3v) is 1.59. The summed E-state index contributed by atoms with van der Waals surface area (Å²) in [5.74, 6) is 0.936. The molecule has 1 unspecified atom stereocenters. The zero-order valence-electron chi connectivity index (χ0n) is 6.79. The largest absolute Gasteiger partial charge is 0.271 e. The second-order valence-electron chi connectivity index (χ2n) is 2.45. The fourth-order valence-corrected chi connectivity index (χ4v) is 0.625. The van der Waals surface area contributed by atoms with Crippen molar-refractivity contribution in [1.82, 2.24) is 0 Å². The van der Waals surface area contributed by atoms with Crippen molar-refractivity contribution >= 4 is 5.84 Å². The van der Waals surface area contributed by atoms with E-state index >= 15 is 0 Å². The van der Waals surface area contributed by atoms with E-state index in [4.69, 9.17) is 0 Å². The van der Waals surface area contributed by atoms with E-state index in [0.717, 1.165) is 6.42 Å². The topological polar surface area (TPSA) is 41.8 Å². The molecule has 0 aliphatic heterocycles. The van der Waals surface area contributed by atoms with E-state index in [-0.39, 0.29) is 0 Å². The van der Waals surface area contributed by atoms with Gasteiger partial charge >= 0.3 is 0 Å². The molecule has 0 amide bonds. The lowest BCUT2D eigenvalue weighted by Crippen LogP contribution is -2.01. The molecular weight excluding hydrogens is 128 g/mol. The number of aliphatic imine (C=N–C) groups is 1. The van der Waals surface area contributed by atoms with Crippen LogP contribution < -0.4 is 0 Å². The Hall–Kier alpha value is -0.730. The van der Waals surface area contributed by atoms with Gasteiger partial charge in [-0.05, 0) is 11.1 Å². The van der Waals surface area contributed by atoms with Gasteiger partial charge in [0, 0.05) is 13.5 Å². The molecule has 0 bridgehead atoms. The molecule has 58 valence electrons. The SMILES string of the molecule is CCC(C)CC(N=O)=NC. The second kappa shape index (κ2) is 5.09. The predicted molar refractivity (Wildman–Crippen MR) is 43.2 cm³/mol. The summed E-state index contributed by atoms with van der Waals surface area (Å²) in [6, 6.07) is 0. The maximum absolute atomic E-state index is 10.0. The highest BCUT2D eigenvalue weighted by molar-refractivity contribution is 5.82. The van der Waals surface area contributed by atoms with Crippen LogP contribution in [0.3, 0.4) is 0 Å². The monoisotopic (exact) mass is 142 g/mol. The maximum Gasteiger partial charge on any atom is 0.168 e. The summed E-state index contributed by atoms with van der Waals surface area (Å²) in [5.41, 5.74) is 0. The standard InChI is InChI=1S/C7H14N2O/c1-4-6(2)5-7(8-3)9-10/h6H,4-5H2,1-3H3. The number of hydrogen-bond acceptors (Lipinski definition) is 2. The normalized spacial score (nSPS) is 14.9. The molecule has 0 aliphatic rings. The molecule has 0 saturated heterocycles. The highest BCUT2D eigenvalue weighted by Crippen LogP contribution is 2.07. The van der Waals surface area contributed by atoms with Crippen molar-refractivity contribution in [3.8, 4) is 0 Å². The molecule has 0 aliphatic carbocycles. The van der Waals surface area contributed by atoms with Crippen LogP contribution in [-0.2, 0) is 0 Å². The molecule has 10 heavy (non-hydrogen) atoms. The average molecular weight is 142 g/mol. The third-order valence-electron chi connectivity index (χ3n) is 1.59. The van der Waals surface area contributed by atoms with Crippen LogP contribution in [0.2, 0.25) is 0 Å². The Bertz CT molecular complexity index is 132. The summed E-state index contributed by atoms with van der Waals surface area (Å²) in [7, 11) is 1.60. The van der Waals surface area contributed by atoms with E-state index in [9.17, 15) is 4.91 Å². The van der Waals surface area contributed by atoms with E-state index in [1.165, 1.54) is 0 Å². The van der Waals surface area contributed by atoms with Crippen LogP contribution in [0.5, 0.6) is 0 Å². The van der Waals surface area contributed by atoms with E-state index < -0.39 is 0 Å². The average Bonchev–Trinajstić information content (AvgIpc) is 1.99. The van der Waals surface area contributed by atoms with Crippen molar-refractivity contribution in [3.63, 3.8) is 0 Å². The fourth-order valence-electron chi connectivity index (χ4n) is 0.625. The zero-order valence-corrected chi connectivity index (χ0v) is 6.79. The first kappa shape index (κ1) is 9.27. The summed E-state index contributed by atoms with van der Waals surface area (Å²) < 4.78 is 0. The van der Waals surface area contributed by atoms with Gasteiger partial charge < -0.3 is 0 Å². The summed E-state index contributed by atoms with van der Waals surface area (Å²) in [6.45, 7) is 4.17. The Morgan fingerprint density at radius 1 is 1.60 bits per heavy atom. The van der Waals surface area contributed by atoms with Gasteiger partial charge in [0.05, 0.1) is 0 Å². The number of nitroso groups, excluding NO2 is 1. The third kappa shape index (κ3) is 3.33. The molecule has 0 fully saturated rings. The predicted octanol–water partition coefficient (Wildman–Crippen LogP) is 2.22. The molecule has 0 radical (unpaired) electrons. The first-order chi connectivity index (χ1) is 4.74. The van der Waals surface area contributed by atoms with Crippen molar-refractivity contribution in [1.29, 1.82) is 0 Å². The molecule has 0 aromatic carbocycles. The summed E-state index contributed by atoms with van der Waals surface area (Å²) in [6.07, 6.45) is 1.77. The van der Waals surface area contributed by atoms with E-state index in [0.29, 0.717) is 18.2 Å². The summed E-state index contributed by atoms with van der Waals surface area (Å²) in [5, 5.41) is 2.79. The Morgan fingerprint density at radius 2 is 2.20 bits per heavy atom. The van der Waals surface area contributed by atoms with Crippen LogP contribution in [-0.4, -0.2) is 12.9 Å². The number of rotatable bonds is 3. The summed E-state index contributed by atoms with van der Waals surface area (Å²) >= 11 is 0. The Balaban J connectivity index is 3.75. The minimum atomic E-state index is 0.425. The molecule has 3 nitrogen and oxygen atoms in total. The van der Waals surface area contributed by atoms with Gasteiger partial charge in [-0.15, -0.1) is 4.91 Å². The molecule has 0 aromatic rings. The molecule has 0 spiro atoms. The minimum Gasteiger partial charge on any atom is -0.271 e. The van der Waals surface area contributed by atoms with Crippen LogP contribution in [0.1, 0.15) is 26.7 Å². The molecule has 0 aromatic heterocycles. The molecule has 0 saturated carbocycles. The van der Waals surface area contributed by atoms with Crippen molar-refractivity contribution < 1.29 is 0 Å². The Labute approximate surface area is 61.5 Å². The van der Waals surface area contributed by atoms with Crippen molar-refractivity contribution in [2.24, 2.45) is 16.1 Å². The van der Waals surface area contributed by atoms with Crippen LogP contribution >= 0.6 is 0 Å². The molecule has 1 atom stereocenters. The number of hydrogen-bond donors (Lipinski definition) is 0. The lowest BCUT2D eigenvalue weighted by Gasteiger charge is -2.03. The maximum atomic E-state index is 10.0. The van der Waals surface area contributed by atoms with Gasteiger partial charge in [0.2, 0.25) is 0 Å². The quantitative estimate of drug-likeness (QED) is 0.338. The van der Waals surface area contributed by atoms with Crippen molar-refractivity contribution in [2.45, 2.75) is 26.7 Å². The highest BCUT2D eigenvalue weighted by Gasteiger charge is 2.03. The Kier molecular flexibility index (Phi) is 4.72. The van der Waals surface area contributed by atoms with Crippen LogP contribution in [0.25, 0.3) is 0 Å². The second-order valence-corrected chi connectivity index (χ2v) is 2.45. The number of nitrogens with zero attached hydrogens (tertiary/aromatic N) is 2. The van der Waals surface area contributed by atoms with Gasteiger partial charge in [0.15, 0.2) is 5.84 Å². The lowest BCUT2D eigenvalue weighted by atomic mass is 10.1. The van der Waals surface area contributed by atoms with Gasteiger partial charge in [0.1, 0.15) is 0 Å². The lowest BCUT2D eigenvalue weighted by molar-refractivity contribution is 0.585. The fraction of sp³-hybridized carbons (Fsp3) is 0.857. The van der Waals surface area contributed by atoms with Crippen molar-refractivity contribution in [2.75, 3.05) is 7.05 Å². The van der Waals surface area contributed by atoms with Gasteiger partial charge in [0.25, 0.3) is 0 Å². The van der Waals surface area contributed by atoms with E-state index in [1.54, 1.807) is 7.05 Å². The van der Waals surface area contributed by atoms with Crippen LogP contribution in [0.15, 0.2) is 10.2 Å². The van der Waals surface area contributed by atoms with Gasteiger partial charge in [-0.25, -0.2) is 0 Å². The summed E-state index contributed by atoms with van der Waals surface area (Å²) in [4.78, 5) is 13.7. The molecule has 0 N–H and O–H groups in total. The minimum absolute atomic E-state index is 0.425. The highest BCUT2D eigenvalue weighted by atomic mass is 16.3. The first-order valence-corrected chi connectivity index (χ1v) is 3.53. The Morgan fingerprint density at radius 3 is 2.50 bits per heavy atom. The number of amidine groups is 1. The van der Waals surface area contributed by atoms with Gasteiger partial charge in [-0.3, -0.25) is 4.99 Å². The van der Waals surface area contributed by atoms with Gasteiger partial charge in [-0.1, -0.05) is 20.3 Å². The smallest absolute Gasteiger partial charge is 0.168 e. The molecule has 0 heterocycles. The first-order valence-electron chi connectivity index (χ1n) is 3.53. The van der Waals surface area contributed by atoms with Crippen molar-refractivity contribution in [3.05, 3.63) is 4.91 Å². The van der Waals surface area contributed by atoms with Gasteiger partial charge in [-0.2, -0.15) is 0 Å². The molecular formula is C7H14N2O. The van der Waals surface area contributed by atoms with Crippen LogP contribution in [0, 0.1) is 10.8 Å². The van der Waals surface area contributed by atoms with E-state index in [2.05, 4.69) is 24.0 Å². The van der Waals surface area contributed by atoms with E-state index in [1.807, 2.05) is 0 Å².